The molecule has 0 spiro atoms. The Balaban J connectivity index is 1.88. The van der Waals surface area contributed by atoms with E-state index in [0.29, 0.717) is 5.13 Å². The number of nitrogens with two attached hydrogens (primary N) is 1. The molecule has 1 heterocycles. The Morgan fingerprint density at radius 1 is 1.38 bits per heavy atom. The maximum absolute atomic E-state index is 5.65. The standard InChI is InChI=1S/C12H21N3S/c1-15(9-11-8-14-12(13)16-11)10-6-4-2-3-5-7-10/h8,10H,2-7,9H2,1H3,(H2,13,14). The van der Waals surface area contributed by atoms with Gasteiger partial charge in [0.05, 0.1) is 0 Å². The van der Waals surface area contributed by atoms with Gasteiger partial charge in [0.25, 0.3) is 0 Å². The van der Waals surface area contributed by atoms with Crippen molar-refractivity contribution in [2.24, 2.45) is 0 Å². The van der Waals surface area contributed by atoms with Gasteiger partial charge in [-0.15, -0.1) is 11.3 Å². The molecular formula is C12H21N3S. The third-order valence-electron chi connectivity index (χ3n) is 3.42. The Labute approximate surface area is 102 Å². The molecule has 0 amide bonds. The summed E-state index contributed by atoms with van der Waals surface area (Å²) in [5.74, 6) is 0. The number of aromatic nitrogens is 1. The molecule has 0 radical (unpaired) electrons. The fraction of sp³-hybridized carbons (Fsp3) is 0.750. The van der Waals surface area contributed by atoms with Gasteiger partial charge < -0.3 is 5.73 Å². The van der Waals surface area contributed by atoms with E-state index in [-0.39, 0.29) is 0 Å². The van der Waals surface area contributed by atoms with E-state index in [9.17, 15) is 0 Å². The first-order valence-corrected chi connectivity index (χ1v) is 6.98. The number of thiazole rings is 1. The van der Waals surface area contributed by atoms with E-state index < -0.39 is 0 Å². The zero-order valence-corrected chi connectivity index (χ0v) is 10.8. The lowest BCUT2D eigenvalue weighted by Gasteiger charge is -2.26. The predicted molar refractivity (Wildman–Crippen MR) is 69.5 cm³/mol. The molecular weight excluding hydrogens is 218 g/mol. The molecule has 1 aliphatic rings. The molecule has 2 N–H and O–H groups in total. The SMILES string of the molecule is CN(Cc1cnc(N)s1)C1CCCCCC1. The average Bonchev–Trinajstić information content (AvgIpc) is 2.56. The zero-order valence-electron chi connectivity index (χ0n) is 9.98. The summed E-state index contributed by atoms with van der Waals surface area (Å²) in [5.41, 5.74) is 5.65. The van der Waals surface area contributed by atoms with Crippen molar-refractivity contribution in [2.75, 3.05) is 12.8 Å². The number of hydrogen-bond donors (Lipinski definition) is 1. The monoisotopic (exact) mass is 239 g/mol. The van der Waals surface area contributed by atoms with Gasteiger partial charge in [0.15, 0.2) is 5.13 Å². The van der Waals surface area contributed by atoms with Gasteiger partial charge in [0.2, 0.25) is 0 Å². The summed E-state index contributed by atoms with van der Waals surface area (Å²) in [7, 11) is 2.23. The molecule has 1 saturated carbocycles. The second-order valence-electron chi connectivity index (χ2n) is 4.73. The minimum Gasteiger partial charge on any atom is -0.375 e. The van der Waals surface area contributed by atoms with Gasteiger partial charge in [-0.05, 0) is 19.9 Å². The van der Waals surface area contributed by atoms with Crippen molar-refractivity contribution in [3.05, 3.63) is 11.1 Å². The van der Waals surface area contributed by atoms with Crippen molar-refractivity contribution in [1.82, 2.24) is 9.88 Å². The number of nitrogens with zero attached hydrogens (tertiary/aromatic N) is 2. The molecule has 1 aromatic heterocycles. The number of anilines is 1. The Bertz CT molecular complexity index is 316. The molecule has 0 unspecified atom stereocenters. The Morgan fingerprint density at radius 2 is 2.06 bits per heavy atom. The molecule has 0 saturated heterocycles. The largest absolute Gasteiger partial charge is 0.375 e. The first-order valence-electron chi connectivity index (χ1n) is 6.16. The van der Waals surface area contributed by atoms with Crippen molar-refractivity contribution in [2.45, 2.75) is 51.1 Å². The third-order valence-corrected chi connectivity index (χ3v) is 4.24. The first-order chi connectivity index (χ1) is 7.75. The fourth-order valence-electron chi connectivity index (χ4n) is 2.47. The van der Waals surface area contributed by atoms with Crippen LogP contribution in [0.5, 0.6) is 0 Å². The highest BCUT2D eigenvalue weighted by molar-refractivity contribution is 7.15. The molecule has 1 aliphatic carbocycles. The van der Waals surface area contributed by atoms with Crippen LogP contribution in [-0.4, -0.2) is 23.0 Å². The molecule has 0 aliphatic heterocycles. The van der Waals surface area contributed by atoms with E-state index in [0.717, 1.165) is 12.6 Å². The zero-order chi connectivity index (χ0) is 11.4. The van der Waals surface area contributed by atoms with E-state index in [1.54, 1.807) is 11.3 Å². The van der Waals surface area contributed by atoms with Gasteiger partial charge in [0.1, 0.15) is 0 Å². The molecule has 0 atom stereocenters. The van der Waals surface area contributed by atoms with Gasteiger partial charge in [-0.25, -0.2) is 4.98 Å². The van der Waals surface area contributed by atoms with Crippen molar-refractivity contribution in [3.63, 3.8) is 0 Å². The molecule has 1 aromatic rings. The van der Waals surface area contributed by atoms with Crippen LogP contribution in [0.4, 0.5) is 5.13 Å². The maximum atomic E-state index is 5.65. The summed E-state index contributed by atoms with van der Waals surface area (Å²) in [6.07, 6.45) is 10.2. The lowest BCUT2D eigenvalue weighted by Crippen LogP contribution is -2.30. The van der Waals surface area contributed by atoms with E-state index in [2.05, 4.69) is 16.9 Å². The van der Waals surface area contributed by atoms with Crippen LogP contribution in [0.1, 0.15) is 43.4 Å². The van der Waals surface area contributed by atoms with Crippen molar-refractivity contribution < 1.29 is 0 Å². The van der Waals surface area contributed by atoms with E-state index >= 15 is 0 Å². The van der Waals surface area contributed by atoms with Crippen LogP contribution in [0.3, 0.4) is 0 Å². The van der Waals surface area contributed by atoms with Gasteiger partial charge >= 0.3 is 0 Å². The third kappa shape index (κ3) is 3.19. The van der Waals surface area contributed by atoms with E-state index in [4.69, 9.17) is 5.73 Å². The summed E-state index contributed by atoms with van der Waals surface area (Å²) in [5, 5.41) is 0.685. The molecule has 0 aromatic carbocycles. The summed E-state index contributed by atoms with van der Waals surface area (Å²) in [6.45, 7) is 1.000. The number of nitrogen functional groups attached to an aromatic ring is 1. The Hall–Kier alpha value is -0.610. The van der Waals surface area contributed by atoms with Crippen LogP contribution in [0.25, 0.3) is 0 Å². The van der Waals surface area contributed by atoms with Crippen LogP contribution in [0.2, 0.25) is 0 Å². The normalized spacial score (nSPS) is 18.9. The average molecular weight is 239 g/mol. The minimum absolute atomic E-state index is 0.685. The molecule has 3 nitrogen and oxygen atoms in total. The minimum atomic E-state index is 0.685. The fourth-order valence-corrected chi connectivity index (χ4v) is 3.22. The quantitative estimate of drug-likeness (QED) is 0.825. The van der Waals surface area contributed by atoms with Crippen molar-refractivity contribution in [3.8, 4) is 0 Å². The highest BCUT2D eigenvalue weighted by Crippen LogP contribution is 2.23. The van der Waals surface area contributed by atoms with Gasteiger partial charge in [-0.2, -0.15) is 0 Å². The van der Waals surface area contributed by atoms with Crippen LogP contribution >= 0.6 is 11.3 Å². The Kier molecular flexibility index (Phi) is 4.18. The smallest absolute Gasteiger partial charge is 0.180 e. The predicted octanol–water partition coefficient (Wildman–Crippen LogP) is 2.88. The van der Waals surface area contributed by atoms with Crippen molar-refractivity contribution >= 4 is 16.5 Å². The first kappa shape index (κ1) is 11.9. The second kappa shape index (κ2) is 5.64. The molecule has 16 heavy (non-hydrogen) atoms. The highest BCUT2D eigenvalue weighted by Gasteiger charge is 2.17. The Morgan fingerprint density at radius 3 is 2.62 bits per heavy atom. The van der Waals surface area contributed by atoms with Crippen LogP contribution in [-0.2, 0) is 6.54 Å². The molecule has 90 valence electrons. The topological polar surface area (TPSA) is 42.2 Å². The lowest BCUT2D eigenvalue weighted by atomic mass is 10.1. The van der Waals surface area contributed by atoms with Crippen LogP contribution in [0, 0.1) is 0 Å². The maximum Gasteiger partial charge on any atom is 0.180 e. The molecule has 4 heteroatoms. The summed E-state index contributed by atoms with van der Waals surface area (Å²) in [4.78, 5) is 7.86. The van der Waals surface area contributed by atoms with Gasteiger partial charge in [-0.3, -0.25) is 4.90 Å². The molecule has 1 fully saturated rings. The highest BCUT2D eigenvalue weighted by atomic mass is 32.1. The summed E-state index contributed by atoms with van der Waals surface area (Å²) in [6, 6.07) is 0.755. The van der Waals surface area contributed by atoms with Crippen LogP contribution < -0.4 is 5.73 Å². The second-order valence-corrected chi connectivity index (χ2v) is 5.87. The number of rotatable bonds is 3. The molecule has 2 rings (SSSR count). The van der Waals surface area contributed by atoms with Gasteiger partial charge in [-0.1, -0.05) is 25.7 Å². The summed E-state index contributed by atoms with van der Waals surface area (Å²) >= 11 is 1.61. The number of hydrogen-bond acceptors (Lipinski definition) is 4. The lowest BCUT2D eigenvalue weighted by molar-refractivity contribution is 0.214. The van der Waals surface area contributed by atoms with Crippen LogP contribution in [0.15, 0.2) is 6.20 Å². The molecule has 0 bridgehead atoms. The van der Waals surface area contributed by atoms with Gasteiger partial charge in [0, 0.05) is 23.7 Å². The summed E-state index contributed by atoms with van der Waals surface area (Å²) < 4.78 is 0. The van der Waals surface area contributed by atoms with Crippen molar-refractivity contribution in [1.29, 1.82) is 0 Å². The van der Waals surface area contributed by atoms with E-state index in [1.807, 2.05) is 6.20 Å². The van der Waals surface area contributed by atoms with E-state index in [1.165, 1.54) is 43.4 Å².